The van der Waals surface area contributed by atoms with Crippen molar-refractivity contribution in [2.45, 2.75) is 13.1 Å². The highest BCUT2D eigenvalue weighted by atomic mass is 35.5. The summed E-state index contributed by atoms with van der Waals surface area (Å²) in [6, 6.07) is 25.3. The maximum absolute atomic E-state index is 13.2. The molecule has 3 nitrogen and oxygen atoms in total. The third-order valence-electron chi connectivity index (χ3n) is 4.58. The fraction of sp³-hybridized carbons (Fsp3) is 0.0833. The number of benzene rings is 3. The molecule has 150 valence electrons. The Bertz CT molecular complexity index is 1110. The van der Waals surface area contributed by atoms with Gasteiger partial charge in [0.25, 0.3) is 5.91 Å². The van der Waals surface area contributed by atoms with Crippen molar-refractivity contribution in [3.63, 3.8) is 0 Å². The Balaban J connectivity index is 1.66. The van der Waals surface area contributed by atoms with Crippen LogP contribution < -0.4 is 0 Å². The van der Waals surface area contributed by atoms with Crippen molar-refractivity contribution < 1.29 is 4.79 Å². The van der Waals surface area contributed by atoms with Crippen LogP contribution in [0.4, 0.5) is 0 Å². The SMILES string of the molecule is O=C1/C(=C/c2cccc(Cl)c2Cl)SC(=NCc2ccccc2)N1Cc1ccccc1. The number of amidine groups is 1. The van der Waals surface area contributed by atoms with Gasteiger partial charge in [0.05, 0.1) is 28.0 Å². The van der Waals surface area contributed by atoms with E-state index in [4.69, 9.17) is 28.2 Å². The predicted octanol–water partition coefficient (Wildman–Crippen LogP) is 6.67. The molecular formula is C24H18Cl2N2OS. The van der Waals surface area contributed by atoms with Crippen LogP contribution in [0.25, 0.3) is 6.08 Å². The molecule has 0 radical (unpaired) electrons. The van der Waals surface area contributed by atoms with E-state index in [1.165, 1.54) is 11.8 Å². The number of hydrogen-bond acceptors (Lipinski definition) is 3. The summed E-state index contributed by atoms with van der Waals surface area (Å²) in [4.78, 5) is 20.2. The van der Waals surface area contributed by atoms with Gasteiger partial charge < -0.3 is 0 Å². The van der Waals surface area contributed by atoms with Gasteiger partial charge in [-0.15, -0.1) is 0 Å². The Labute approximate surface area is 190 Å². The second kappa shape index (κ2) is 9.52. The molecule has 1 heterocycles. The first-order chi connectivity index (χ1) is 14.6. The van der Waals surface area contributed by atoms with Crippen molar-refractivity contribution in [2.75, 3.05) is 0 Å². The average Bonchev–Trinajstić information content (AvgIpc) is 3.06. The number of amides is 1. The monoisotopic (exact) mass is 452 g/mol. The van der Waals surface area contributed by atoms with Gasteiger partial charge in [-0.3, -0.25) is 14.7 Å². The van der Waals surface area contributed by atoms with Crippen LogP contribution in [0.2, 0.25) is 10.0 Å². The Kier molecular flexibility index (Phi) is 6.58. The zero-order chi connectivity index (χ0) is 20.9. The van der Waals surface area contributed by atoms with E-state index in [1.807, 2.05) is 72.8 Å². The Morgan fingerprint density at radius 2 is 1.53 bits per heavy atom. The number of thioether (sulfide) groups is 1. The molecule has 4 rings (SSSR count). The van der Waals surface area contributed by atoms with Gasteiger partial charge in [-0.05, 0) is 40.6 Å². The topological polar surface area (TPSA) is 32.7 Å². The summed E-state index contributed by atoms with van der Waals surface area (Å²) in [7, 11) is 0. The molecule has 0 aliphatic carbocycles. The molecule has 0 bridgehead atoms. The first-order valence-corrected chi connectivity index (χ1v) is 11.0. The molecule has 0 saturated carbocycles. The van der Waals surface area contributed by atoms with Crippen LogP contribution in [0.1, 0.15) is 16.7 Å². The minimum atomic E-state index is -0.0910. The van der Waals surface area contributed by atoms with Gasteiger partial charge in [0.1, 0.15) is 0 Å². The van der Waals surface area contributed by atoms with Crippen molar-refractivity contribution >= 4 is 52.1 Å². The van der Waals surface area contributed by atoms with E-state index in [0.29, 0.717) is 38.8 Å². The van der Waals surface area contributed by atoms with E-state index in [-0.39, 0.29) is 5.91 Å². The maximum Gasteiger partial charge on any atom is 0.267 e. The molecule has 1 amide bonds. The number of nitrogens with zero attached hydrogens (tertiary/aromatic N) is 2. The third-order valence-corrected chi connectivity index (χ3v) is 6.46. The molecule has 0 N–H and O–H groups in total. The van der Waals surface area contributed by atoms with Crippen LogP contribution in [0, 0.1) is 0 Å². The maximum atomic E-state index is 13.2. The molecule has 1 aliphatic rings. The molecule has 1 fully saturated rings. The molecular weight excluding hydrogens is 435 g/mol. The number of halogens is 2. The molecule has 1 aliphatic heterocycles. The van der Waals surface area contributed by atoms with Gasteiger partial charge in [-0.25, -0.2) is 0 Å². The average molecular weight is 453 g/mol. The van der Waals surface area contributed by atoms with Gasteiger partial charge in [-0.2, -0.15) is 0 Å². The van der Waals surface area contributed by atoms with Gasteiger partial charge in [0.2, 0.25) is 0 Å². The molecule has 0 atom stereocenters. The van der Waals surface area contributed by atoms with Gasteiger partial charge >= 0.3 is 0 Å². The number of rotatable bonds is 5. The molecule has 0 aromatic heterocycles. The lowest BCUT2D eigenvalue weighted by Crippen LogP contribution is -2.28. The van der Waals surface area contributed by atoms with Crippen LogP contribution in [0.15, 0.2) is 88.8 Å². The van der Waals surface area contributed by atoms with Gasteiger partial charge in [-0.1, -0.05) is 96.0 Å². The van der Waals surface area contributed by atoms with Crippen LogP contribution >= 0.6 is 35.0 Å². The number of carbonyl (C=O) groups excluding carboxylic acids is 1. The van der Waals surface area contributed by atoms with Crippen LogP contribution in [-0.2, 0) is 17.9 Å². The zero-order valence-corrected chi connectivity index (χ0v) is 18.3. The minimum absolute atomic E-state index is 0.0910. The van der Waals surface area contributed by atoms with Crippen LogP contribution in [0.3, 0.4) is 0 Å². The molecule has 3 aromatic rings. The fourth-order valence-corrected chi connectivity index (χ4v) is 4.38. The standard InChI is InChI=1S/C24H18Cl2N2OS/c25-20-13-7-12-19(22(20)26)14-21-23(29)28(16-18-10-5-2-6-11-18)24(30-21)27-15-17-8-3-1-4-9-17/h1-14H,15-16H2/b21-14-,27-24?. The van der Waals surface area contributed by atoms with E-state index >= 15 is 0 Å². The highest BCUT2D eigenvalue weighted by Crippen LogP contribution is 2.36. The van der Waals surface area contributed by atoms with Gasteiger partial charge in [0.15, 0.2) is 5.17 Å². The lowest BCUT2D eigenvalue weighted by atomic mass is 10.2. The Morgan fingerprint density at radius 3 is 2.23 bits per heavy atom. The lowest BCUT2D eigenvalue weighted by molar-refractivity contribution is -0.122. The minimum Gasteiger partial charge on any atom is -0.282 e. The van der Waals surface area contributed by atoms with E-state index in [0.717, 1.165) is 11.1 Å². The Morgan fingerprint density at radius 1 is 0.867 bits per heavy atom. The van der Waals surface area contributed by atoms with E-state index in [9.17, 15) is 4.79 Å². The summed E-state index contributed by atoms with van der Waals surface area (Å²) < 4.78 is 0. The first-order valence-electron chi connectivity index (χ1n) is 9.39. The molecule has 1 saturated heterocycles. The molecule has 0 unspecified atom stereocenters. The second-order valence-electron chi connectivity index (χ2n) is 6.71. The van der Waals surface area contributed by atoms with E-state index in [1.54, 1.807) is 17.0 Å². The third kappa shape index (κ3) is 4.78. The van der Waals surface area contributed by atoms with E-state index < -0.39 is 0 Å². The van der Waals surface area contributed by atoms with Gasteiger partial charge in [0, 0.05) is 0 Å². The Hall–Kier alpha value is -2.53. The molecule has 6 heteroatoms. The van der Waals surface area contributed by atoms with Crippen molar-refractivity contribution in [3.8, 4) is 0 Å². The van der Waals surface area contributed by atoms with Crippen molar-refractivity contribution in [1.29, 1.82) is 0 Å². The first kappa shape index (κ1) is 20.7. The van der Waals surface area contributed by atoms with E-state index in [2.05, 4.69) is 0 Å². The lowest BCUT2D eigenvalue weighted by Gasteiger charge is -2.15. The fourth-order valence-electron chi connectivity index (χ4n) is 3.05. The summed E-state index contributed by atoms with van der Waals surface area (Å²) in [5.74, 6) is -0.0910. The van der Waals surface area contributed by atoms with Crippen molar-refractivity contribution in [2.24, 2.45) is 4.99 Å². The highest BCUT2D eigenvalue weighted by molar-refractivity contribution is 8.18. The quantitative estimate of drug-likeness (QED) is 0.405. The van der Waals surface area contributed by atoms with Crippen LogP contribution in [-0.4, -0.2) is 16.0 Å². The summed E-state index contributed by atoms with van der Waals surface area (Å²) in [6.45, 7) is 0.966. The smallest absolute Gasteiger partial charge is 0.267 e. The highest BCUT2D eigenvalue weighted by Gasteiger charge is 2.33. The van der Waals surface area contributed by atoms with Crippen molar-refractivity contribution in [3.05, 3.63) is 111 Å². The normalized spacial score (nSPS) is 16.6. The summed E-state index contributed by atoms with van der Waals surface area (Å²) in [5.41, 5.74) is 2.85. The number of carbonyl (C=O) groups is 1. The number of aliphatic imine (C=N–C) groups is 1. The summed E-state index contributed by atoms with van der Waals surface area (Å²) in [5, 5.41) is 1.57. The molecule has 0 spiro atoms. The summed E-state index contributed by atoms with van der Waals surface area (Å²) in [6.07, 6.45) is 1.78. The van der Waals surface area contributed by atoms with Crippen molar-refractivity contribution in [1.82, 2.24) is 4.90 Å². The molecule has 3 aromatic carbocycles. The predicted molar refractivity (Wildman–Crippen MR) is 127 cm³/mol. The zero-order valence-electron chi connectivity index (χ0n) is 16.0. The summed E-state index contributed by atoms with van der Waals surface area (Å²) >= 11 is 13.8. The largest absolute Gasteiger partial charge is 0.282 e. The second-order valence-corrected chi connectivity index (χ2v) is 8.51. The van der Waals surface area contributed by atoms with Crippen LogP contribution in [0.5, 0.6) is 0 Å². The number of hydrogen-bond donors (Lipinski definition) is 0. The molecule has 30 heavy (non-hydrogen) atoms.